The van der Waals surface area contributed by atoms with Gasteiger partial charge >= 0.3 is 6.09 Å². The van der Waals surface area contributed by atoms with Gasteiger partial charge in [0, 0.05) is 37.5 Å². The monoisotopic (exact) mass is 496 g/mol. The van der Waals surface area contributed by atoms with Gasteiger partial charge in [0.1, 0.15) is 16.9 Å². The molecule has 1 aliphatic carbocycles. The molecule has 1 saturated heterocycles. The summed E-state index contributed by atoms with van der Waals surface area (Å²) in [5, 5.41) is 16.3. The highest BCUT2D eigenvalue weighted by Crippen LogP contribution is 2.38. The van der Waals surface area contributed by atoms with E-state index >= 15 is 0 Å². The van der Waals surface area contributed by atoms with Crippen molar-refractivity contribution in [2.75, 3.05) is 25.1 Å². The molecule has 1 fully saturated rings. The van der Waals surface area contributed by atoms with Gasteiger partial charge in [-0.15, -0.1) is 17.8 Å². The molecule has 2 aliphatic rings. The highest BCUT2D eigenvalue weighted by atomic mass is 32.1. The summed E-state index contributed by atoms with van der Waals surface area (Å²) < 4.78 is 11.0. The zero-order valence-corrected chi connectivity index (χ0v) is 20.8. The van der Waals surface area contributed by atoms with Crippen LogP contribution in [0.15, 0.2) is 24.3 Å². The molecule has 4 rings (SSSR count). The average Bonchev–Trinajstić information content (AvgIpc) is 3.19. The Balaban J connectivity index is 1.32. The van der Waals surface area contributed by atoms with Gasteiger partial charge in [0.25, 0.3) is 0 Å². The van der Waals surface area contributed by atoms with Crippen molar-refractivity contribution in [3.05, 3.63) is 45.8 Å². The topological polar surface area (TPSA) is 96.9 Å². The number of benzene rings is 1. The van der Waals surface area contributed by atoms with Crippen molar-refractivity contribution >= 4 is 28.3 Å². The quantitative estimate of drug-likeness (QED) is 0.488. The zero-order chi connectivity index (χ0) is 24.8. The number of carbonyl (C=O) groups is 2. The van der Waals surface area contributed by atoms with Crippen molar-refractivity contribution in [2.45, 2.75) is 57.5 Å². The number of phenolic OH excluding ortho intramolecular Hbond substituents is 1. The number of nitrogens with one attached hydrogen (secondary N) is 2. The summed E-state index contributed by atoms with van der Waals surface area (Å²) in [4.78, 5) is 26.1. The van der Waals surface area contributed by atoms with Crippen LogP contribution in [0.25, 0.3) is 0 Å². The van der Waals surface area contributed by atoms with E-state index < -0.39 is 0 Å². The van der Waals surface area contributed by atoms with E-state index in [1.807, 2.05) is 13.0 Å². The lowest BCUT2D eigenvalue weighted by molar-refractivity contribution is -0.116. The summed E-state index contributed by atoms with van der Waals surface area (Å²) in [6.45, 7) is 4.05. The normalized spacial score (nSPS) is 18.7. The van der Waals surface area contributed by atoms with Gasteiger partial charge in [-0.1, -0.05) is 25.0 Å². The Kier molecular flexibility index (Phi) is 8.32. The Morgan fingerprint density at radius 2 is 2.11 bits per heavy atom. The number of amides is 2. The predicted octanol–water partition coefficient (Wildman–Crippen LogP) is 4.58. The van der Waals surface area contributed by atoms with Crippen LogP contribution in [-0.2, 0) is 27.1 Å². The van der Waals surface area contributed by atoms with Crippen LogP contribution in [0.2, 0.25) is 0 Å². The third kappa shape index (κ3) is 6.56. The minimum absolute atomic E-state index is 0.0524. The van der Waals surface area contributed by atoms with E-state index in [9.17, 15) is 14.7 Å². The number of hydrogen-bond acceptors (Lipinski definition) is 6. The van der Waals surface area contributed by atoms with Gasteiger partial charge in [-0.25, -0.2) is 4.79 Å². The molecule has 1 aromatic carbocycles. The zero-order valence-electron chi connectivity index (χ0n) is 20.0. The second-order valence-corrected chi connectivity index (χ2v) is 10.4. The number of terminal acetylenes is 1. The van der Waals surface area contributed by atoms with Crippen molar-refractivity contribution in [3.63, 3.8) is 0 Å². The van der Waals surface area contributed by atoms with Gasteiger partial charge in [0.15, 0.2) is 0 Å². The van der Waals surface area contributed by atoms with Crippen molar-refractivity contribution in [2.24, 2.45) is 5.92 Å². The first-order chi connectivity index (χ1) is 16.9. The lowest BCUT2D eigenvalue weighted by Crippen LogP contribution is -2.36. The van der Waals surface area contributed by atoms with Crippen LogP contribution in [0, 0.1) is 18.3 Å². The smallest absolute Gasteiger partial charge is 0.407 e. The number of alkyl carbamates (subject to hydrolysis) is 1. The third-order valence-electron chi connectivity index (χ3n) is 6.70. The van der Waals surface area contributed by atoms with Gasteiger partial charge in [0.05, 0.1) is 5.56 Å². The molecule has 7 nitrogen and oxygen atoms in total. The van der Waals surface area contributed by atoms with Crippen molar-refractivity contribution in [1.29, 1.82) is 0 Å². The van der Waals surface area contributed by atoms with E-state index in [-0.39, 0.29) is 36.2 Å². The van der Waals surface area contributed by atoms with Crippen LogP contribution in [0.4, 0.5) is 9.80 Å². The summed E-state index contributed by atoms with van der Waals surface area (Å²) in [6.07, 6.45) is 9.39. The van der Waals surface area contributed by atoms with E-state index in [1.54, 1.807) is 18.2 Å². The predicted molar refractivity (Wildman–Crippen MR) is 136 cm³/mol. The fourth-order valence-corrected chi connectivity index (χ4v) is 5.97. The maximum atomic E-state index is 12.8. The second-order valence-electron chi connectivity index (χ2n) is 9.31. The summed E-state index contributed by atoms with van der Waals surface area (Å²) in [6, 6.07) is 6.95. The molecule has 1 aromatic heterocycles. The molecule has 186 valence electrons. The van der Waals surface area contributed by atoms with Crippen LogP contribution in [0.1, 0.15) is 60.1 Å². The number of fused-ring (bicyclic) bond motifs is 1. The molecule has 2 amide bonds. The molecular weight excluding hydrogens is 464 g/mol. The first kappa shape index (κ1) is 25.1. The van der Waals surface area contributed by atoms with Gasteiger partial charge in [0.2, 0.25) is 5.91 Å². The molecule has 2 aromatic rings. The average molecular weight is 497 g/mol. The number of aromatic hydroxyl groups is 1. The highest BCUT2D eigenvalue weighted by molar-refractivity contribution is 7.16. The minimum atomic E-state index is -0.381. The first-order valence-electron chi connectivity index (χ1n) is 12.1. The number of thiophene rings is 1. The van der Waals surface area contributed by atoms with E-state index in [0.717, 1.165) is 47.6 Å². The molecule has 35 heavy (non-hydrogen) atoms. The summed E-state index contributed by atoms with van der Waals surface area (Å²) in [5.74, 6) is 3.19. The number of rotatable bonds is 7. The first-order valence-corrected chi connectivity index (χ1v) is 13.0. The van der Waals surface area contributed by atoms with E-state index in [4.69, 9.17) is 15.9 Å². The maximum absolute atomic E-state index is 12.8. The van der Waals surface area contributed by atoms with Gasteiger partial charge < -0.3 is 25.2 Å². The minimum Gasteiger partial charge on any atom is -0.508 e. The molecule has 0 spiro atoms. The molecule has 2 unspecified atom stereocenters. The lowest BCUT2D eigenvalue weighted by Gasteiger charge is -2.25. The van der Waals surface area contributed by atoms with Crippen LogP contribution in [-0.4, -0.2) is 43.0 Å². The molecule has 0 bridgehead atoms. The van der Waals surface area contributed by atoms with Gasteiger partial charge in [-0.05, 0) is 60.8 Å². The number of ether oxygens (including phenoxy) is 2. The van der Waals surface area contributed by atoms with Crippen LogP contribution in [0.3, 0.4) is 0 Å². The SMILES string of the molecule is C#Cc1c(NC(=O)CC(C)c2cccc(O)c2)sc2c1CCC(OC(=O)NCC1CCOCC1)C2. The molecule has 2 atom stereocenters. The molecular formula is C27H32N2O5S. The summed E-state index contributed by atoms with van der Waals surface area (Å²) in [5.41, 5.74) is 2.69. The van der Waals surface area contributed by atoms with Crippen LogP contribution in [0.5, 0.6) is 5.75 Å². The number of carbonyl (C=O) groups excluding carboxylic acids is 2. The molecule has 1 aliphatic heterocycles. The van der Waals surface area contributed by atoms with E-state index in [2.05, 4.69) is 16.6 Å². The lowest BCUT2D eigenvalue weighted by atomic mass is 9.93. The molecule has 2 heterocycles. The number of phenols is 1. The highest BCUT2D eigenvalue weighted by Gasteiger charge is 2.28. The standard InChI is InChI=1S/C27H32N2O5S/c1-3-22-23-8-7-21(34-27(32)28-16-18-9-11-33-12-10-18)15-24(23)35-26(22)29-25(31)13-17(2)19-5-4-6-20(30)14-19/h1,4-6,14,17-18,21,30H,7-13,15-16H2,2H3,(H,28,32)(H,29,31). The number of hydrogen-bond donors (Lipinski definition) is 3. The Bertz CT molecular complexity index is 1100. The Hall–Kier alpha value is -3.02. The van der Waals surface area contributed by atoms with Crippen LogP contribution >= 0.6 is 11.3 Å². The molecule has 0 saturated carbocycles. The molecule has 3 N–H and O–H groups in total. The van der Waals surface area contributed by atoms with Gasteiger partial charge in [-0.2, -0.15) is 0 Å². The van der Waals surface area contributed by atoms with Crippen molar-refractivity contribution in [3.8, 4) is 18.1 Å². The summed E-state index contributed by atoms with van der Waals surface area (Å²) >= 11 is 1.47. The third-order valence-corrected chi connectivity index (χ3v) is 7.87. The van der Waals surface area contributed by atoms with E-state index in [1.165, 1.54) is 11.3 Å². The Morgan fingerprint density at radius 1 is 1.31 bits per heavy atom. The fraction of sp³-hybridized carbons (Fsp3) is 0.481. The Morgan fingerprint density at radius 3 is 2.86 bits per heavy atom. The Labute approximate surface area is 210 Å². The van der Waals surface area contributed by atoms with E-state index in [0.29, 0.717) is 36.7 Å². The largest absolute Gasteiger partial charge is 0.508 e. The fourth-order valence-electron chi connectivity index (χ4n) is 4.67. The maximum Gasteiger partial charge on any atom is 0.407 e. The van der Waals surface area contributed by atoms with Crippen LogP contribution < -0.4 is 10.6 Å². The van der Waals surface area contributed by atoms with Crippen molar-refractivity contribution in [1.82, 2.24) is 5.32 Å². The molecule has 8 heteroatoms. The molecule has 0 radical (unpaired) electrons. The summed E-state index contributed by atoms with van der Waals surface area (Å²) in [7, 11) is 0. The van der Waals surface area contributed by atoms with Gasteiger partial charge in [-0.3, -0.25) is 4.79 Å². The number of anilines is 1. The second kappa shape index (κ2) is 11.6. The van der Waals surface area contributed by atoms with Crippen molar-refractivity contribution < 1.29 is 24.2 Å².